The van der Waals surface area contributed by atoms with Gasteiger partial charge in [0.05, 0.1) is 32.3 Å². The van der Waals surface area contributed by atoms with E-state index in [1.807, 2.05) is 30.3 Å². The Morgan fingerprint density at radius 1 is 0.880 bits per heavy atom. The molecule has 1 aromatic carbocycles. The minimum atomic E-state index is -0.0743. The Balaban J connectivity index is 1.12. The van der Waals surface area contributed by atoms with Crippen molar-refractivity contribution in [1.29, 1.82) is 0 Å². The fraction of sp³-hybridized carbons (Fsp3) is 0.550. The molecule has 0 N–H and O–H groups in total. The quantitative estimate of drug-likeness (QED) is 0.350. The Hall–Kier alpha value is -1.85. The maximum Gasteiger partial charge on any atom is 0.309 e. The zero-order valence-corrected chi connectivity index (χ0v) is 14.5. The van der Waals surface area contributed by atoms with Gasteiger partial charge in [-0.1, -0.05) is 30.4 Å². The maximum absolute atomic E-state index is 12.0. The van der Waals surface area contributed by atoms with Crippen LogP contribution in [0.4, 0.5) is 0 Å². The highest BCUT2D eigenvalue weighted by atomic mass is 16.6. The smallest absolute Gasteiger partial charge is 0.309 e. The third-order valence-electron chi connectivity index (χ3n) is 4.67. The molecule has 2 aliphatic carbocycles. The Morgan fingerprint density at radius 3 is 2.28 bits per heavy atom. The summed E-state index contributed by atoms with van der Waals surface area (Å²) >= 11 is 0. The first-order valence-electron chi connectivity index (χ1n) is 9.01. The minimum Gasteiger partial charge on any atom is -0.491 e. The van der Waals surface area contributed by atoms with E-state index in [1.54, 1.807) is 0 Å². The van der Waals surface area contributed by atoms with Gasteiger partial charge in [0, 0.05) is 0 Å². The van der Waals surface area contributed by atoms with Gasteiger partial charge < -0.3 is 18.9 Å². The molecule has 3 rings (SSSR count). The van der Waals surface area contributed by atoms with Crippen molar-refractivity contribution >= 4 is 5.97 Å². The number of para-hydroxylation sites is 1. The predicted octanol–water partition coefficient (Wildman–Crippen LogP) is 2.85. The molecule has 0 spiro atoms. The highest BCUT2D eigenvalue weighted by Crippen LogP contribution is 2.43. The second kappa shape index (κ2) is 9.59. The lowest BCUT2D eigenvalue weighted by atomic mass is 9.94. The van der Waals surface area contributed by atoms with Gasteiger partial charge >= 0.3 is 5.97 Å². The second-order valence-electron chi connectivity index (χ2n) is 6.44. The van der Waals surface area contributed by atoms with Crippen molar-refractivity contribution in [2.45, 2.75) is 12.8 Å². The molecule has 1 aromatic rings. The predicted molar refractivity (Wildman–Crippen MR) is 93.4 cm³/mol. The number of carbonyl (C=O) groups is 1. The van der Waals surface area contributed by atoms with Crippen molar-refractivity contribution in [3.63, 3.8) is 0 Å². The van der Waals surface area contributed by atoms with Gasteiger partial charge in [-0.25, -0.2) is 0 Å². The molecule has 0 amide bonds. The van der Waals surface area contributed by atoms with E-state index in [4.69, 9.17) is 18.9 Å². The molecule has 1 saturated carbocycles. The minimum absolute atomic E-state index is 0.0583. The van der Waals surface area contributed by atoms with E-state index in [0.29, 0.717) is 51.5 Å². The second-order valence-corrected chi connectivity index (χ2v) is 6.44. The molecule has 5 heteroatoms. The van der Waals surface area contributed by atoms with Gasteiger partial charge in [0.15, 0.2) is 0 Å². The summed E-state index contributed by atoms with van der Waals surface area (Å²) in [7, 11) is 0. The molecule has 136 valence electrons. The van der Waals surface area contributed by atoms with Gasteiger partial charge in [0.25, 0.3) is 0 Å². The van der Waals surface area contributed by atoms with Crippen LogP contribution in [0.1, 0.15) is 12.8 Å². The molecular formula is C20H26O5. The first-order valence-corrected chi connectivity index (χ1v) is 9.01. The normalized spacial score (nSPS) is 23.8. The number of fused-ring (bicyclic) bond motifs is 2. The van der Waals surface area contributed by atoms with Crippen LogP contribution in [0.25, 0.3) is 0 Å². The summed E-state index contributed by atoms with van der Waals surface area (Å²) in [6.45, 7) is 2.74. The van der Waals surface area contributed by atoms with Crippen LogP contribution in [-0.4, -0.2) is 45.6 Å². The van der Waals surface area contributed by atoms with Crippen molar-refractivity contribution < 1.29 is 23.7 Å². The summed E-state index contributed by atoms with van der Waals surface area (Å²) in [5.41, 5.74) is 0. The molecule has 3 unspecified atom stereocenters. The first-order chi connectivity index (χ1) is 12.3. The van der Waals surface area contributed by atoms with Crippen LogP contribution >= 0.6 is 0 Å². The van der Waals surface area contributed by atoms with Gasteiger partial charge in [-0.15, -0.1) is 0 Å². The largest absolute Gasteiger partial charge is 0.491 e. The van der Waals surface area contributed by atoms with Crippen molar-refractivity contribution in [3.05, 3.63) is 42.5 Å². The average molecular weight is 346 g/mol. The lowest BCUT2D eigenvalue weighted by Gasteiger charge is -2.16. The van der Waals surface area contributed by atoms with Gasteiger partial charge in [0.1, 0.15) is 19.0 Å². The maximum atomic E-state index is 12.0. The van der Waals surface area contributed by atoms with E-state index in [2.05, 4.69) is 12.2 Å². The number of benzene rings is 1. The highest BCUT2D eigenvalue weighted by Gasteiger charge is 2.40. The topological polar surface area (TPSA) is 54.0 Å². The summed E-state index contributed by atoms with van der Waals surface area (Å²) in [4.78, 5) is 12.0. The molecule has 0 heterocycles. The van der Waals surface area contributed by atoms with Crippen LogP contribution in [0.5, 0.6) is 5.75 Å². The summed E-state index contributed by atoms with van der Waals surface area (Å²) < 4.78 is 21.7. The number of ether oxygens (including phenoxy) is 4. The van der Waals surface area contributed by atoms with Gasteiger partial charge in [0.2, 0.25) is 0 Å². The van der Waals surface area contributed by atoms with Crippen LogP contribution < -0.4 is 4.74 Å². The van der Waals surface area contributed by atoms with Crippen molar-refractivity contribution in [3.8, 4) is 5.75 Å². The Bertz CT molecular complexity index is 556. The van der Waals surface area contributed by atoms with E-state index in [1.165, 1.54) is 0 Å². The molecule has 1 fully saturated rings. The van der Waals surface area contributed by atoms with Gasteiger partial charge in [-0.05, 0) is 36.8 Å². The molecule has 0 aromatic heterocycles. The van der Waals surface area contributed by atoms with Crippen LogP contribution in [0.3, 0.4) is 0 Å². The molecule has 0 aliphatic heterocycles. The van der Waals surface area contributed by atoms with E-state index in [0.717, 1.165) is 18.6 Å². The Labute approximate surface area is 148 Å². The zero-order chi connectivity index (χ0) is 17.3. The lowest BCUT2D eigenvalue weighted by Crippen LogP contribution is -2.23. The van der Waals surface area contributed by atoms with E-state index in [9.17, 15) is 4.79 Å². The van der Waals surface area contributed by atoms with E-state index < -0.39 is 0 Å². The standard InChI is InChI=1S/C20H26O5/c21-20(19-15-16-6-7-17(19)14-16)25-13-11-23-9-8-22-10-12-24-18-4-2-1-3-5-18/h1-7,16-17,19H,8-15H2. The average Bonchev–Trinajstić information content (AvgIpc) is 3.27. The fourth-order valence-corrected chi connectivity index (χ4v) is 3.42. The van der Waals surface area contributed by atoms with E-state index >= 15 is 0 Å². The Kier molecular flexibility index (Phi) is 6.89. The molecule has 2 aliphatic rings. The number of carbonyl (C=O) groups excluding carboxylic acids is 1. The zero-order valence-electron chi connectivity index (χ0n) is 14.5. The summed E-state index contributed by atoms with van der Waals surface area (Å²) in [6.07, 6.45) is 6.44. The van der Waals surface area contributed by atoms with Crippen LogP contribution in [0.2, 0.25) is 0 Å². The van der Waals surface area contributed by atoms with Crippen molar-refractivity contribution in [2.24, 2.45) is 17.8 Å². The molecule has 25 heavy (non-hydrogen) atoms. The number of hydrogen-bond acceptors (Lipinski definition) is 5. The number of esters is 1. The molecule has 3 atom stereocenters. The molecule has 0 saturated heterocycles. The molecule has 2 bridgehead atoms. The summed E-state index contributed by atoms with van der Waals surface area (Å²) in [5, 5.41) is 0. The van der Waals surface area contributed by atoms with Crippen LogP contribution in [-0.2, 0) is 19.0 Å². The van der Waals surface area contributed by atoms with Crippen molar-refractivity contribution in [1.82, 2.24) is 0 Å². The number of hydrogen-bond donors (Lipinski definition) is 0. The summed E-state index contributed by atoms with van der Waals surface area (Å²) in [6, 6.07) is 9.65. The molecule has 0 radical (unpaired) electrons. The fourth-order valence-electron chi connectivity index (χ4n) is 3.42. The van der Waals surface area contributed by atoms with Gasteiger partial charge in [-0.2, -0.15) is 0 Å². The third-order valence-corrected chi connectivity index (χ3v) is 4.67. The van der Waals surface area contributed by atoms with E-state index in [-0.39, 0.29) is 11.9 Å². The Morgan fingerprint density at radius 2 is 1.60 bits per heavy atom. The van der Waals surface area contributed by atoms with Gasteiger partial charge in [-0.3, -0.25) is 4.79 Å². The number of rotatable bonds is 11. The van der Waals surface area contributed by atoms with Crippen LogP contribution in [0, 0.1) is 17.8 Å². The highest BCUT2D eigenvalue weighted by molar-refractivity contribution is 5.74. The monoisotopic (exact) mass is 346 g/mol. The summed E-state index contributed by atoms with van der Waals surface area (Å²) in [5.74, 6) is 1.81. The molecule has 5 nitrogen and oxygen atoms in total. The SMILES string of the molecule is O=C(OCCOCCOCCOc1ccccc1)C1CC2C=CC1C2. The molecular weight excluding hydrogens is 320 g/mol. The first kappa shape index (κ1) is 18.0. The third kappa shape index (κ3) is 5.58. The van der Waals surface area contributed by atoms with Crippen molar-refractivity contribution in [2.75, 3.05) is 39.6 Å². The lowest BCUT2D eigenvalue weighted by molar-refractivity contribution is -0.151. The number of allylic oxidation sites excluding steroid dienone is 2. The van der Waals surface area contributed by atoms with Crippen LogP contribution in [0.15, 0.2) is 42.5 Å².